The van der Waals surface area contributed by atoms with Crippen LogP contribution in [0.25, 0.3) is 0 Å². The Morgan fingerprint density at radius 1 is 1.04 bits per heavy atom. The molecule has 2 rings (SSSR count). The van der Waals surface area contributed by atoms with Crippen LogP contribution in [0.4, 0.5) is 11.4 Å². The van der Waals surface area contributed by atoms with Gasteiger partial charge in [0.05, 0.1) is 12.2 Å². The third-order valence-electron chi connectivity index (χ3n) is 3.57. The minimum atomic E-state index is -0.360. The molecular formula is C20H23N3O3S. The Morgan fingerprint density at radius 3 is 2.37 bits per heavy atom. The van der Waals surface area contributed by atoms with Crippen molar-refractivity contribution in [1.29, 1.82) is 0 Å². The highest BCUT2D eigenvalue weighted by Gasteiger charge is 2.13. The molecule has 0 atom stereocenters. The normalized spacial score (nSPS) is 10.2. The highest BCUT2D eigenvalue weighted by molar-refractivity contribution is 7.80. The molecule has 2 aromatic carbocycles. The van der Waals surface area contributed by atoms with Crippen LogP contribution in [0.1, 0.15) is 31.1 Å². The largest absolute Gasteiger partial charge is 0.493 e. The van der Waals surface area contributed by atoms with Gasteiger partial charge in [0, 0.05) is 17.3 Å². The Labute approximate surface area is 164 Å². The molecule has 0 saturated carbocycles. The number of benzene rings is 2. The van der Waals surface area contributed by atoms with Gasteiger partial charge in [0.1, 0.15) is 5.75 Å². The fourth-order valence-corrected chi connectivity index (χ4v) is 2.44. The van der Waals surface area contributed by atoms with E-state index in [0.717, 1.165) is 0 Å². The second kappa shape index (κ2) is 9.68. The third-order valence-corrected chi connectivity index (χ3v) is 3.78. The predicted octanol–water partition coefficient (Wildman–Crippen LogP) is 3.81. The minimum absolute atomic E-state index is 0.0736. The van der Waals surface area contributed by atoms with Gasteiger partial charge in [-0.1, -0.05) is 32.0 Å². The maximum absolute atomic E-state index is 12.5. The second-order valence-corrected chi connectivity index (χ2v) is 6.47. The molecule has 0 saturated heterocycles. The van der Waals surface area contributed by atoms with Crippen LogP contribution in [-0.4, -0.2) is 23.5 Å². The first kappa shape index (κ1) is 20.4. The summed E-state index contributed by atoms with van der Waals surface area (Å²) < 4.78 is 5.47. The molecule has 0 aliphatic heterocycles. The van der Waals surface area contributed by atoms with Crippen LogP contribution in [0.3, 0.4) is 0 Å². The van der Waals surface area contributed by atoms with E-state index in [1.807, 2.05) is 20.8 Å². The van der Waals surface area contributed by atoms with Crippen LogP contribution in [0, 0.1) is 5.92 Å². The lowest BCUT2D eigenvalue weighted by Crippen LogP contribution is -2.34. The summed E-state index contributed by atoms with van der Waals surface area (Å²) >= 11 is 5.22. The van der Waals surface area contributed by atoms with E-state index in [4.69, 9.17) is 17.0 Å². The molecule has 0 aliphatic carbocycles. The van der Waals surface area contributed by atoms with Gasteiger partial charge in [-0.15, -0.1) is 0 Å². The second-order valence-electron chi connectivity index (χ2n) is 6.06. The molecule has 27 heavy (non-hydrogen) atoms. The lowest BCUT2D eigenvalue weighted by Gasteiger charge is -2.13. The SMILES string of the molecule is CCOc1ccccc1C(=O)NC(=S)Nc1cccc(NC(=O)C(C)C)c1. The Kier molecular flexibility index (Phi) is 7.31. The zero-order chi connectivity index (χ0) is 19.8. The molecule has 0 bridgehead atoms. The standard InChI is InChI=1S/C20H23N3O3S/c1-4-26-17-11-6-5-10-16(17)19(25)23-20(27)22-15-9-7-8-14(12-15)21-18(24)13(2)3/h5-13H,4H2,1-3H3,(H,21,24)(H2,22,23,25,27). The molecule has 0 unspecified atom stereocenters. The quantitative estimate of drug-likeness (QED) is 0.659. The zero-order valence-corrected chi connectivity index (χ0v) is 16.4. The van der Waals surface area contributed by atoms with Crippen molar-refractivity contribution in [2.24, 2.45) is 5.92 Å². The number of para-hydroxylation sites is 1. The first-order valence-corrected chi connectivity index (χ1v) is 9.06. The molecule has 0 radical (unpaired) electrons. The number of amides is 2. The molecule has 0 heterocycles. The summed E-state index contributed by atoms with van der Waals surface area (Å²) in [5.41, 5.74) is 1.70. The Hall–Kier alpha value is -2.93. The van der Waals surface area contributed by atoms with Crippen LogP contribution in [-0.2, 0) is 4.79 Å². The first-order valence-electron chi connectivity index (χ1n) is 8.65. The third kappa shape index (κ3) is 6.07. The molecule has 0 fully saturated rings. The van der Waals surface area contributed by atoms with Crippen molar-refractivity contribution in [2.45, 2.75) is 20.8 Å². The molecule has 2 aromatic rings. The van der Waals surface area contributed by atoms with Gasteiger partial charge in [-0.05, 0) is 49.5 Å². The van der Waals surface area contributed by atoms with Crippen molar-refractivity contribution in [3.05, 3.63) is 54.1 Å². The summed E-state index contributed by atoms with van der Waals surface area (Å²) in [7, 11) is 0. The number of hydrogen-bond acceptors (Lipinski definition) is 4. The number of rotatable bonds is 6. The highest BCUT2D eigenvalue weighted by atomic mass is 32.1. The summed E-state index contributed by atoms with van der Waals surface area (Å²) in [5.74, 6) is -0.0533. The number of nitrogens with one attached hydrogen (secondary N) is 3. The Balaban J connectivity index is 2.02. The summed E-state index contributed by atoms with van der Waals surface area (Å²) in [6, 6.07) is 14.1. The van der Waals surface area contributed by atoms with Crippen molar-refractivity contribution in [2.75, 3.05) is 17.2 Å². The summed E-state index contributed by atoms with van der Waals surface area (Å²) in [5, 5.41) is 8.55. The molecule has 142 valence electrons. The molecule has 0 aliphatic rings. The Morgan fingerprint density at radius 2 is 1.70 bits per heavy atom. The van der Waals surface area contributed by atoms with E-state index in [1.165, 1.54) is 0 Å². The van der Waals surface area contributed by atoms with Crippen LogP contribution in [0.2, 0.25) is 0 Å². The van der Waals surface area contributed by atoms with E-state index >= 15 is 0 Å². The van der Waals surface area contributed by atoms with Crippen LogP contribution >= 0.6 is 12.2 Å². The summed E-state index contributed by atoms with van der Waals surface area (Å²) in [4.78, 5) is 24.3. The Bertz CT molecular complexity index is 837. The molecular weight excluding hydrogens is 362 g/mol. The van der Waals surface area contributed by atoms with E-state index in [1.54, 1.807) is 48.5 Å². The van der Waals surface area contributed by atoms with Gasteiger partial charge in [0.15, 0.2) is 5.11 Å². The van der Waals surface area contributed by atoms with Gasteiger partial charge >= 0.3 is 0 Å². The first-order chi connectivity index (χ1) is 12.9. The van der Waals surface area contributed by atoms with Gasteiger partial charge in [-0.2, -0.15) is 0 Å². The van der Waals surface area contributed by atoms with Gasteiger partial charge in [0.2, 0.25) is 5.91 Å². The van der Waals surface area contributed by atoms with Gasteiger partial charge < -0.3 is 15.4 Å². The zero-order valence-electron chi connectivity index (χ0n) is 15.5. The maximum Gasteiger partial charge on any atom is 0.261 e. The number of thiocarbonyl (C=S) groups is 1. The van der Waals surface area contributed by atoms with Crippen molar-refractivity contribution in [3.8, 4) is 5.75 Å². The van der Waals surface area contributed by atoms with Gasteiger partial charge in [-0.3, -0.25) is 14.9 Å². The average molecular weight is 385 g/mol. The number of anilines is 2. The summed E-state index contributed by atoms with van der Waals surface area (Å²) in [6.07, 6.45) is 0. The van der Waals surface area contributed by atoms with Crippen molar-refractivity contribution in [1.82, 2.24) is 5.32 Å². The summed E-state index contributed by atoms with van der Waals surface area (Å²) in [6.45, 7) is 5.96. The van der Waals surface area contributed by atoms with Crippen molar-refractivity contribution >= 4 is 40.5 Å². The van der Waals surface area contributed by atoms with Gasteiger partial charge in [0.25, 0.3) is 5.91 Å². The van der Waals surface area contributed by atoms with E-state index in [-0.39, 0.29) is 22.8 Å². The van der Waals surface area contributed by atoms with E-state index in [2.05, 4.69) is 16.0 Å². The lowest BCUT2D eigenvalue weighted by atomic mass is 10.2. The molecule has 2 amide bonds. The number of carbonyl (C=O) groups excluding carboxylic acids is 2. The fourth-order valence-electron chi connectivity index (χ4n) is 2.23. The molecule has 0 aromatic heterocycles. The van der Waals surface area contributed by atoms with Crippen molar-refractivity contribution < 1.29 is 14.3 Å². The molecule has 6 nitrogen and oxygen atoms in total. The van der Waals surface area contributed by atoms with E-state index in [9.17, 15) is 9.59 Å². The number of ether oxygens (including phenoxy) is 1. The van der Waals surface area contributed by atoms with E-state index < -0.39 is 0 Å². The average Bonchev–Trinajstić information content (AvgIpc) is 2.62. The van der Waals surface area contributed by atoms with Crippen LogP contribution < -0.4 is 20.7 Å². The smallest absolute Gasteiger partial charge is 0.261 e. The fraction of sp³-hybridized carbons (Fsp3) is 0.250. The molecule has 0 spiro atoms. The minimum Gasteiger partial charge on any atom is -0.493 e. The van der Waals surface area contributed by atoms with E-state index in [0.29, 0.717) is 29.3 Å². The lowest BCUT2D eigenvalue weighted by molar-refractivity contribution is -0.118. The monoisotopic (exact) mass is 385 g/mol. The predicted molar refractivity (Wildman–Crippen MR) is 111 cm³/mol. The molecule has 7 heteroatoms. The van der Waals surface area contributed by atoms with Crippen molar-refractivity contribution in [3.63, 3.8) is 0 Å². The van der Waals surface area contributed by atoms with Crippen LogP contribution in [0.5, 0.6) is 5.75 Å². The maximum atomic E-state index is 12.5. The number of hydrogen-bond donors (Lipinski definition) is 3. The van der Waals surface area contributed by atoms with Gasteiger partial charge in [-0.25, -0.2) is 0 Å². The highest BCUT2D eigenvalue weighted by Crippen LogP contribution is 2.18. The van der Waals surface area contributed by atoms with Crippen LogP contribution in [0.15, 0.2) is 48.5 Å². The topological polar surface area (TPSA) is 79.5 Å². The number of carbonyl (C=O) groups is 2. The molecule has 3 N–H and O–H groups in total.